The van der Waals surface area contributed by atoms with Crippen molar-refractivity contribution in [1.29, 1.82) is 0 Å². The van der Waals surface area contributed by atoms with Gasteiger partial charge in [-0.2, -0.15) is 4.98 Å². The molecule has 1 aromatic carbocycles. The zero-order valence-electron chi connectivity index (χ0n) is 15.7. The van der Waals surface area contributed by atoms with Gasteiger partial charge in [0.25, 0.3) is 0 Å². The lowest BCUT2D eigenvalue weighted by molar-refractivity contribution is -0.132. The fourth-order valence-electron chi connectivity index (χ4n) is 3.69. The van der Waals surface area contributed by atoms with E-state index in [4.69, 9.17) is 4.74 Å². The van der Waals surface area contributed by atoms with Gasteiger partial charge >= 0.3 is 0 Å². The highest BCUT2D eigenvalue weighted by atomic mass is 16.5. The van der Waals surface area contributed by atoms with Crippen LogP contribution in [0, 0.1) is 13.8 Å². The van der Waals surface area contributed by atoms with Crippen LogP contribution in [0.3, 0.4) is 0 Å². The van der Waals surface area contributed by atoms with E-state index in [1.807, 2.05) is 49.2 Å². The summed E-state index contributed by atoms with van der Waals surface area (Å²) in [5, 5.41) is 1.12. The van der Waals surface area contributed by atoms with E-state index in [0.717, 1.165) is 53.9 Å². The van der Waals surface area contributed by atoms with Crippen molar-refractivity contribution in [2.75, 3.05) is 13.1 Å². The fourth-order valence-corrected chi connectivity index (χ4v) is 3.69. The number of rotatable bonds is 4. The Bertz CT molecular complexity index is 937. The van der Waals surface area contributed by atoms with Gasteiger partial charge in [0, 0.05) is 54.8 Å². The summed E-state index contributed by atoms with van der Waals surface area (Å²) in [5.41, 5.74) is 3.03. The van der Waals surface area contributed by atoms with Crippen molar-refractivity contribution < 1.29 is 9.53 Å². The summed E-state index contributed by atoms with van der Waals surface area (Å²) in [6, 6.07) is 9.95. The predicted molar refractivity (Wildman–Crippen MR) is 104 cm³/mol. The number of piperidine rings is 1. The first-order valence-electron chi connectivity index (χ1n) is 9.40. The molecule has 3 heterocycles. The number of likely N-dealkylation sites (tertiary alicyclic amines) is 1. The van der Waals surface area contributed by atoms with Gasteiger partial charge in [0.15, 0.2) is 0 Å². The van der Waals surface area contributed by atoms with E-state index in [1.54, 1.807) is 0 Å². The molecule has 3 aromatic rings. The maximum atomic E-state index is 12.7. The number of carbonyl (C=O) groups excluding carboxylic acids is 1. The second kappa shape index (κ2) is 7.39. The van der Waals surface area contributed by atoms with Gasteiger partial charge in [-0.1, -0.05) is 18.2 Å². The Morgan fingerprint density at radius 2 is 2.00 bits per heavy atom. The first-order chi connectivity index (χ1) is 13.1. The number of aromatic nitrogens is 3. The highest BCUT2D eigenvalue weighted by Gasteiger charge is 2.25. The van der Waals surface area contributed by atoms with Crippen LogP contribution in [-0.2, 0) is 11.2 Å². The van der Waals surface area contributed by atoms with E-state index in [9.17, 15) is 4.79 Å². The smallest absolute Gasteiger partial charge is 0.227 e. The van der Waals surface area contributed by atoms with Gasteiger partial charge in [-0.3, -0.25) is 4.79 Å². The lowest BCUT2D eigenvalue weighted by Crippen LogP contribution is -2.42. The standard InChI is InChI=1S/C21H24N4O2/c1-14-11-20(24-15(2)23-14)27-17-7-9-25(10-8-17)21(26)12-16-13-22-19-6-4-3-5-18(16)19/h3-6,11,13,17,22H,7-10,12H2,1-2H3. The van der Waals surface area contributed by atoms with Crippen LogP contribution in [0.25, 0.3) is 10.9 Å². The summed E-state index contributed by atoms with van der Waals surface area (Å²) >= 11 is 0. The van der Waals surface area contributed by atoms with Crippen molar-refractivity contribution in [3.8, 4) is 5.88 Å². The molecule has 0 bridgehead atoms. The van der Waals surface area contributed by atoms with E-state index < -0.39 is 0 Å². The van der Waals surface area contributed by atoms with Gasteiger partial charge in [0.1, 0.15) is 11.9 Å². The summed E-state index contributed by atoms with van der Waals surface area (Å²) < 4.78 is 6.01. The van der Waals surface area contributed by atoms with Crippen molar-refractivity contribution >= 4 is 16.8 Å². The number of amides is 1. The Morgan fingerprint density at radius 3 is 2.78 bits per heavy atom. The summed E-state index contributed by atoms with van der Waals surface area (Å²) in [6.45, 7) is 5.24. The molecule has 1 aliphatic rings. The second-order valence-electron chi connectivity index (χ2n) is 7.13. The SMILES string of the molecule is Cc1cc(OC2CCN(C(=O)Cc3c[nH]c4ccccc34)CC2)nc(C)n1. The van der Waals surface area contributed by atoms with Crippen LogP contribution < -0.4 is 4.74 Å². The van der Waals surface area contributed by atoms with Gasteiger partial charge in [0.05, 0.1) is 6.42 Å². The van der Waals surface area contributed by atoms with Crippen LogP contribution in [0.4, 0.5) is 0 Å². The minimum absolute atomic E-state index is 0.0934. The zero-order chi connectivity index (χ0) is 18.8. The third-order valence-corrected chi connectivity index (χ3v) is 5.04. The van der Waals surface area contributed by atoms with Crippen LogP contribution in [0.15, 0.2) is 36.5 Å². The molecule has 1 aliphatic heterocycles. The number of nitrogens with zero attached hydrogens (tertiary/aromatic N) is 3. The number of hydrogen-bond acceptors (Lipinski definition) is 4. The number of nitrogens with one attached hydrogen (secondary N) is 1. The normalized spacial score (nSPS) is 15.3. The molecular formula is C21H24N4O2. The molecule has 27 heavy (non-hydrogen) atoms. The molecule has 1 saturated heterocycles. The Labute approximate surface area is 158 Å². The van der Waals surface area contributed by atoms with Gasteiger partial charge in [0.2, 0.25) is 11.8 Å². The Hall–Kier alpha value is -2.89. The molecule has 1 fully saturated rings. The van der Waals surface area contributed by atoms with E-state index in [-0.39, 0.29) is 12.0 Å². The van der Waals surface area contributed by atoms with Crippen LogP contribution in [0.5, 0.6) is 5.88 Å². The van der Waals surface area contributed by atoms with Gasteiger partial charge in [-0.15, -0.1) is 0 Å². The molecule has 2 aromatic heterocycles. The van der Waals surface area contributed by atoms with Crippen molar-refractivity contribution in [2.24, 2.45) is 0 Å². The number of carbonyl (C=O) groups is 1. The highest BCUT2D eigenvalue weighted by Crippen LogP contribution is 2.21. The molecular weight excluding hydrogens is 340 g/mol. The van der Waals surface area contributed by atoms with Crippen LogP contribution >= 0.6 is 0 Å². The molecule has 0 radical (unpaired) electrons. The number of aromatic amines is 1. The summed E-state index contributed by atoms with van der Waals surface area (Å²) in [5.74, 6) is 1.52. The molecule has 1 amide bonds. The second-order valence-corrected chi connectivity index (χ2v) is 7.13. The number of hydrogen-bond donors (Lipinski definition) is 1. The van der Waals surface area contributed by atoms with E-state index in [2.05, 4.69) is 21.0 Å². The monoisotopic (exact) mass is 364 g/mol. The van der Waals surface area contributed by atoms with Crippen LogP contribution in [-0.4, -0.2) is 45.0 Å². The average molecular weight is 364 g/mol. The molecule has 0 atom stereocenters. The highest BCUT2D eigenvalue weighted by molar-refractivity contribution is 5.88. The Balaban J connectivity index is 1.34. The minimum atomic E-state index is 0.0934. The van der Waals surface area contributed by atoms with Crippen molar-refractivity contribution in [3.05, 3.63) is 53.6 Å². The van der Waals surface area contributed by atoms with Gasteiger partial charge in [-0.25, -0.2) is 4.98 Å². The van der Waals surface area contributed by atoms with E-state index in [0.29, 0.717) is 12.3 Å². The quantitative estimate of drug-likeness (QED) is 0.772. The third-order valence-electron chi connectivity index (χ3n) is 5.04. The molecule has 0 aliphatic carbocycles. The summed E-state index contributed by atoms with van der Waals surface area (Å²) in [6.07, 6.45) is 4.11. The Morgan fingerprint density at radius 1 is 1.22 bits per heavy atom. The molecule has 4 rings (SSSR count). The van der Waals surface area contributed by atoms with Crippen molar-refractivity contribution in [2.45, 2.75) is 39.2 Å². The van der Waals surface area contributed by atoms with Gasteiger partial charge in [-0.05, 0) is 25.5 Å². The predicted octanol–water partition coefficient (Wildman–Crippen LogP) is 3.19. The number of benzene rings is 1. The molecule has 1 N–H and O–H groups in total. The van der Waals surface area contributed by atoms with Crippen LogP contribution in [0.1, 0.15) is 29.9 Å². The lowest BCUT2D eigenvalue weighted by Gasteiger charge is -2.32. The summed E-state index contributed by atoms with van der Waals surface area (Å²) in [4.78, 5) is 26.5. The molecule has 6 nitrogen and oxygen atoms in total. The maximum Gasteiger partial charge on any atom is 0.227 e. The number of para-hydroxylation sites is 1. The Kier molecular flexibility index (Phi) is 4.79. The minimum Gasteiger partial charge on any atom is -0.474 e. The largest absolute Gasteiger partial charge is 0.474 e. The topological polar surface area (TPSA) is 71.1 Å². The molecule has 140 valence electrons. The molecule has 0 spiro atoms. The molecule has 0 saturated carbocycles. The molecule has 0 unspecified atom stereocenters. The van der Waals surface area contributed by atoms with E-state index in [1.165, 1.54) is 0 Å². The third kappa shape index (κ3) is 3.94. The average Bonchev–Trinajstić information content (AvgIpc) is 3.04. The first kappa shape index (κ1) is 17.5. The van der Waals surface area contributed by atoms with Crippen LogP contribution in [0.2, 0.25) is 0 Å². The van der Waals surface area contributed by atoms with Crippen molar-refractivity contribution in [1.82, 2.24) is 19.9 Å². The number of H-pyrrole nitrogens is 1. The number of ether oxygens (including phenoxy) is 1. The van der Waals surface area contributed by atoms with E-state index >= 15 is 0 Å². The van der Waals surface area contributed by atoms with Gasteiger partial charge < -0.3 is 14.6 Å². The molecule has 6 heteroatoms. The lowest BCUT2D eigenvalue weighted by atomic mass is 10.1. The number of aryl methyl sites for hydroxylation is 2. The number of fused-ring (bicyclic) bond motifs is 1. The fraction of sp³-hybridized carbons (Fsp3) is 0.381. The first-order valence-corrected chi connectivity index (χ1v) is 9.40. The zero-order valence-corrected chi connectivity index (χ0v) is 15.7. The van der Waals surface area contributed by atoms with Crippen molar-refractivity contribution in [3.63, 3.8) is 0 Å². The maximum absolute atomic E-state index is 12.7. The summed E-state index contributed by atoms with van der Waals surface area (Å²) in [7, 11) is 0.